The van der Waals surface area contributed by atoms with Gasteiger partial charge in [-0.2, -0.15) is 0 Å². The molecule has 3 atom stereocenters. The van der Waals surface area contributed by atoms with Crippen molar-refractivity contribution in [2.24, 2.45) is 28.9 Å². The Labute approximate surface area is 103 Å². The largest absolute Gasteiger partial charge is 0.493 e. The van der Waals surface area contributed by atoms with Gasteiger partial charge in [0, 0.05) is 5.92 Å². The van der Waals surface area contributed by atoms with Crippen LogP contribution in [-0.2, 0) is 6.42 Å². The van der Waals surface area contributed by atoms with E-state index in [1.807, 2.05) is 6.07 Å². The second-order valence-electron chi connectivity index (χ2n) is 6.07. The first-order chi connectivity index (χ1) is 8.14. The van der Waals surface area contributed by atoms with Gasteiger partial charge < -0.3 is 10.5 Å². The first-order valence-electron chi connectivity index (χ1n) is 6.55. The van der Waals surface area contributed by atoms with Gasteiger partial charge in [0.15, 0.2) is 0 Å². The molecule has 1 aromatic rings. The molecule has 2 heteroatoms. The normalized spacial score (nSPS) is 33.7. The average Bonchev–Trinajstić information content (AvgIpc) is 2.90. The SMILES string of the molecule is CC1(C)C(CN)C1C1COc2ccccc2C1. The third kappa shape index (κ3) is 1.66. The summed E-state index contributed by atoms with van der Waals surface area (Å²) in [7, 11) is 0. The van der Waals surface area contributed by atoms with Gasteiger partial charge in [0.1, 0.15) is 5.75 Å². The van der Waals surface area contributed by atoms with Gasteiger partial charge >= 0.3 is 0 Å². The predicted octanol–water partition coefficient (Wildman–Crippen LogP) is 2.47. The minimum absolute atomic E-state index is 0.412. The van der Waals surface area contributed by atoms with Crippen LogP contribution in [0.15, 0.2) is 24.3 Å². The molecule has 2 nitrogen and oxygen atoms in total. The standard InChI is InChI=1S/C15H21NO/c1-15(2)12(8-16)14(15)11-7-10-5-3-4-6-13(10)17-9-11/h3-6,11-12,14H,7-9,16H2,1-2H3. The van der Waals surface area contributed by atoms with E-state index in [9.17, 15) is 0 Å². The number of rotatable bonds is 2. The van der Waals surface area contributed by atoms with E-state index in [1.54, 1.807) is 0 Å². The molecule has 0 radical (unpaired) electrons. The number of nitrogens with two attached hydrogens (primary N) is 1. The Hall–Kier alpha value is -1.02. The fourth-order valence-electron chi connectivity index (χ4n) is 3.75. The molecular weight excluding hydrogens is 210 g/mol. The first-order valence-corrected chi connectivity index (χ1v) is 6.55. The molecule has 1 fully saturated rings. The summed E-state index contributed by atoms with van der Waals surface area (Å²) >= 11 is 0. The zero-order valence-electron chi connectivity index (χ0n) is 10.6. The second kappa shape index (κ2) is 3.74. The van der Waals surface area contributed by atoms with E-state index in [-0.39, 0.29) is 0 Å². The zero-order chi connectivity index (χ0) is 12.0. The lowest BCUT2D eigenvalue weighted by atomic mass is 9.89. The highest BCUT2D eigenvalue weighted by Gasteiger charge is 2.59. The highest BCUT2D eigenvalue weighted by Crippen LogP contribution is 2.62. The summed E-state index contributed by atoms with van der Waals surface area (Å²) in [4.78, 5) is 0. The van der Waals surface area contributed by atoms with Crippen LogP contribution in [0.1, 0.15) is 19.4 Å². The van der Waals surface area contributed by atoms with Crippen LogP contribution in [0.5, 0.6) is 5.75 Å². The molecule has 1 aliphatic carbocycles. The Bertz CT molecular complexity index is 427. The minimum atomic E-state index is 0.412. The summed E-state index contributed by atoms with van der Waals surface area (Å²) in [5, 5.41) is 0. The van der Waals surface area contributed by atoms with Crippen molar-refractivity contribution in [3.8, 4) is 5.75 Å². The zero-order valence-corrected chi connectivity index (χ0v) is 10.6. The maximum absolute atomic E-state index is 5.88. The fraction of sp³-hybridized carbons (Fsp3) is 0.600. The quantitative estimate of drug-likeness (QED) is 0.848. The van der Waals surface area contributed by atoms with E-state index < -0.39 is 0 Å². The van der Waals surface area contributed by atoms with Crippen LogP contribution < -0.4 is 10.5 Å². The van der Waals surface area contributed by atoms with Gasteiger partial charge in [-0.15, -0.1) is 0 Å². The lowest BCUT2D eigenvalue weighted by Gasteiger charge is -2.26. The van der Waals surface area contributed by atoms with Crippen molar-refractivity contribution in [2.75, 3.05) is 13.2 Å². The summed E-state index contributed by atoms with van der Waals surface area (Å²) in [6, 6.07) is 8.41. The Morgan fingerprint density at radius 1 is 1.35 bits per heavy atom. The van der Waals surface area contributed by atoms with E-state index in [4.69, 9.17) is 10.5 Å². The summed E-state index contributed by atoms with van der Waals surface area (Å²) in [6.45, 7) is 6.36. The third-order valence-electron chi connectivity index (χ3n) is 4.81. The van der Waals surface area contributed by atoms with Gasteiger partial charge in [0.05, 0.1) is 6.61 Å². The summed E-state index contributed by atoms with van der Waals surface area (Å²) < 4.78 is 5.88. The second-order valence-corrected chi connectivity index (χ2v) is 6.07. The molecule has 0 spiro atoms. The van der Waals surface area contributed by atoms with Gasteiger partial charge in [-0.1, -0.05) is 32.0 Å². The lowest BCUT2D eigenvalue weighted by molar-refractivity contribution is 0.191. The molecule has 3 unspecified atom stereocenters. The van der Waals surface area contributed by atoms with Gasteiger partial charge in [-0.3, -0.25) is 0 Å². The number of ether oxygens (including phenoxy) is 1. The van der Waals surface area contributed by atoms with Crippen molar-refractivity contribution in [2.45, 2.75) is 20.3 Å². The molecule has 2 N–H and O–H groups in total. The maximum atomic E-state index is 5.88. The van der Waals surface area contributed by atoms with Crippen molar-refractivity contribution >= 4 is 0 Å². The molecule has 1 aliphatic heterocycles. The molecule has 2 aliphatic rings. The Balaban J connectivity index is 1.77. The van der Waals surface area contributed by atoms with Crippen molar-refractivity contribution in [3.63, 3.8) is 0 Å². The molecule has 0 aromatic heterocycles. The van der Waals surface area contributed by atoms with E-state index in [2.05, 4.69) is 32.0 Å². The van der Waals surface area contributed by atoms with Gasteiger partial charge in [-0.05, 0) is 41.8 Å². The Morgan fingerprint density at radius 3 is 2.82 bits per heavy atom. The van der Waals surface area contributed by atoms with Crippen LogP contribution in [0.2, 0.25) is 0 Å². The predicted molar refractivity (Wildman–Crippen MR) is 68.9 cm³/mol. The molecule has 17 heavy (non-hydrogen) atoms. The number of hydrogen-bond acceptors (Lipinski definition) is 2. The lowest BCUT2D eigenvalue weighted by Crippen LogP contribution is -2.24. The Kier molecular flexibility index (Phi) is 2.44. The van der Waals surface area contributed by atoms with Gasteiger partial charge in [0.25, 0.3) is 0 Å². The number of hydrogen-bond donors (Lipinski definition) is 1. The van der Waals surface area contributed by atoms with Crippen LogP contribution in [-0.4, -0.2) is 13.2 Å². The molecule has 1 saturated carbocycles. The van der Waals surface area contributed by atoms with E-state index in [1.165, 1.54) is 5.56 Å². The van der Waals surface area contributed by atoms with Crippen molar-refractivity contribution < 1.29 is 4.74 Å². The maximum Gasteiger partial charge on any atom is 0.122 e. The summed E-state index contributed by atoms with van der Waals surface area (Å²) in [5.41, 5.74) is 7.64. The van der Waals surface area contributed by atoms with Crippen LogP contribution in [0.25, 0.3) is 0 Å². The molecule has 1 aromatic carbocycles. The molecule has 0 saturated heterocycles. The molecule has 1 heterocycles. The highest BCUT2D eigenvalue weighted by molar-refractivity contribution is 5.35. The molecule has 3 rings (SSSR count). The topological polar surface area (TPSA) is 35.2 Å². The van der Waals surface area contributed by atoms with Crippen molar-refractivity contribution in [1.82, 2.24) is 0 Å². The van der Waals surface area contributed by atoms with Crippen LogP contribution >= 0.6 is 0 Å². The Morgan fingerprint density at radius 2 is 2.12 bits per heavy atom. The van der Waals surface area contributed by atoms with Gasteiger partial charge in [-0.25, -0.2) is 0 Å². The first kappa shape index (κ1) is 11.1. The van der Waals surface area contributed by atoms with Crippen molar-refractivity contribution in [1.29, 1.82) is 0 Å². The molecule has 92 valence electrons. The third-order valence-corrected chi connectivity index (χ3v) is 4.81. The molecule has 0 amide bonds. The van der Waals surface area contributed by atoms with Crippen molar-refractivity contribution in [3.05, 3.63) is 29.8 Å². The number of para-hydroxylation sites is 1. The number of benzene rings is 1. The van der Waals surface area contributed by atoms with Crippen LogP contribution in [0, 0.1) is 23.2 Å². The smallest absolute Gasteiger partial charge is 0.122 e. The van der Waals surface area contributed by atoms with E-state index >= 15 is 0 Å². The fourth-order valence-corrected chi connectivity index (χ4v) is 3.75. The average molecular weight is 231 g/mol. The van der Waals surface area contributed by atoms with E-state index in [0.29, 0.717) is 17.3 Å². The highest BCUT2D eigenvalue weighted by atomic mass is 16.5. The number of fused-ring (bicyclic) bond motifs is 1. The van der Waals surface area contributed by atoms with Crippen LogP contribution in [0.4, 0.5) is 0 Å². The van der Waals surface area contributed by atoms with E-state index in [0.717, 1.165) is 31.2 Å². The summed E-state index contributed by atoms with van der Waals surface area (Å²) in [6.07, 6.45) is 1.15. The monoisotopic (exact) mass is 231 g/mol. The van der Waals surface area contributed by atoms with Gasteiger partial charge in [0.2, 0.25) is 0 Å². The van der Waals surface area contributed by atoms with Crippen LogP contribution in [0.3, 0.4) is 0 Å². The molecular formula is C15H21NO. The molecule has 0 bridgehead atoms. The summed E-state index contributed by atoms with van der Waals surface area (Å²) in [5.74, 6) is 3.14. The minimum Gasteiger partial charge on any atom is -0.493 e.